The summed E-state index contributed by atoms with van der Waals surface area (Å²) in [5, 5.41) is 0. The Hall–Kier alpha value is -1.80. The van der Waals surface area contributed by atoms with Gasteiger partial charge in [-0.25, -0.2) is 0 Å². The van der Waals surface area contributed by atoms with E-state index < -0.39 is 0 Å². The first-order valence-corrected chi connectivity index (χ1v) is 6.75. The highest BCUT2D eigenvalue weighted by molar-refractivity contribution is 5.30. The van der Waals surface area contributed by atoms with Crippen molar-refractivity contribution in [3.8, 4) is 5.75 Å². The summed E-state index contributed by atoms with van der Waals surface area (Å²) in [7, 11) is 0. The van der Waals surface area contributed by atoms with Crippen LogP contribution in [0.4, 0.5) is 0 Å². The molecule has 2 heteroatoms. The van der Waals surface area contributed by atoms with Crippen LogP contribution in [-0.2, 0) is 13.0 Å². The van der Waals surface area contributed by atoms with Crippen molar-refractivity contribution < 1.29 is 4.74 Å². The third-order valence-electron chi connectivity index (χ3n) is 3.22. The van der Waals surface area contributed by atoms with Gasteiger partial charge in [-0.1, -0.05) is 43.3 Å². The molecule has 0 heterocycles. The molecule has 0 fully saturated rings. The van der Waals surface area contributed by atoms with Gasteiger partial charge in [0.15, 0.2) is 0 Å². The van der Waals surface area contributed by atoms with Crippen LogP contribution >= 0.6 is 0 Å². The number of rotatable bonds is 5. The van der Waals surface area contributed by atoms with Crippen LogP contribution in [0, 0.1) is 0 Å². The van der Waals surface area contributed by atoms with Crippen LogP contribution in [0.25, 0.3) is 0 Å². The normalized spacial score (nSPS) is 12.2. The second-order valence-electron chi connectivity index (χ2n) is 4.82. The zero-order valence-corrected chi connectivity index (χ0v) is 11.6. The minimum Gasteiger partial charge on any atom is -0.489 e. The average Bonchev–Trinajstić information content (AvgIpc) is 2.46. The second kappa shape index (κ2) is 6.39. The summed E-state index contributed by atoms with van der Waals surface area (Å²) in [4.78, 5) is 0. The summed E-state index contributed by atoms with van der Waals surface area (Å²) in [5.74, 6) is 0.870. The number of hydrogen-bond acceptors (Lipinski definition) is 2. The van der Waals surface area contributed by atoms with Gasteiger partial charge in [0.05, 0.1) is 0 Å². The molecule has 1 unspecified atom stereocenters. The first-order valence-electron chi connectivity index (χ1n) is 6.75. The van der Waals surface area contributed by atoms with Gasteiger partial charge in [-0.3, -0.25) is 0 Å². The van der Waals surface area contributed by atoms with E-state index in [1.54, 1.807) is 0 Å². The van der Waals surface area contributed by atoms with Crippen molar-refractivity contribution in [2.75, 3.05) is 0 Å². The Kier molecular flexibility index (Phi) is 4.58. The van der Waals surface area contributed by atoms with Gasteiger partial charge in [-0.15, -0.1) is 0 Å². The molecule has 0 spiro atoms. The molecule has 0 amide bonds. The molecule has 2 aromatic carbocycles. The molecule has 19 heavy (non-hydrogen) atoms. The maximum atomic E-state index is 5.87. The first kappa shape index (κ1) is 13.6. The molecular formula is C17H21NO. The zero-order chi connectivity index (χ0) is 13.7. The van der Waals surface area contributed by atoms with E-state index >= 15 is 0 Å². The first-order chi connectivity index (χ1) is 9.19. The standard InChI is InChI=1S/C17H21NO/c1-3-14-7-9-15(10-8-14)12-19-17-6-4-5-16(11-17)13(2)18/h4-11,13H,3,12,18H2,1-2H3. The maximum absolute atomic E-state index is 5.87. The highest BCUT2D eigenvalue weighted by atomic mass is 16.5. The van der Waals surface area contributed by atoms with Crippen molar-refractivity contribution in [2.45, 2.75) is 32.9 Å². The number of aryl methyl sites for hydroxylation is 1. The fourth-order valence-electron chi connectivity index (χ4n) is 1.93. The molecule has 2 N–H and O–H groups in total. The van der Waals surface area contributed by atoms with Gasteiger partial charge in [0.1, 0.15) is 12.4 Å². The summed E-state index contributed by atoms with van der Waals surface area (Å²) in [6.07, 6.45) is 1.07. The summed E-state index contributed by atoms with van der Waals surface area (Å²) in [6, 6.07) is 16.5. The number of hydrogen-bond donors (Lipinski definition) is 1. The van der Waals surface area contributed by atoms with Crippen LogP contribution in [0.3, 0.4) is 0 Å². The van der Waals surface area contributed by atoms with E-state index in [4.69, 9.17) is 10.5 Å². The van der Waals surface area contributed by atoms with Crippen molar-refractivity contribution >= 4 is 0 Å². The topological polar surface area (TPSA) is 35.2 Å². The van der Waals surface area contributed by atoms with Crippen LogP contribution in [0.2, 0.25) is 0 Å². The Labute approximate surface area is 115 Å². The highest BCUT2D eigenvalue weighted by Gasteiger charge is 2.01. The second-order valence-corrected chi connectivity index (χ2v) is 4.82. The fourth-order valence-corrected chi connectivity index (χ4v) is 1.93. The summed E-state index contributed by atoms with van der Waals surface area (Å²) in [5.41, 5.74) is 9.50. The highest BCUT2D eigenvalue weighted by Crippen LogP contribution is 2.18. The SMILES string of the molecule is CCc1ccc(COc2cccc(C(C)N)c2)cc1. The van der Waals surface area contributed by atoms with Crippen molar-refractivity contribution in [3.05, 3.63) is 65.2 Å². The molecule has 0 aromatic heterocycles. The summed E-state index contributed by atoms with van der Waals surface area (Å²) in [6.45, 7) is 4.72. The van der Waals surface area contributed by atoms with Gasteiger partial charge in [0, 0.05) is 6.04 Å². The molecule has 0 radical (unpaired) electrons. The Morgan fingerprint density at radius 2 is 1.74 bits per heavy atom. The lowest BCUT2D eigenvalue weighted by molar-refractivity contribution is 0.305. The molecule has 1 atom stereocenters. The van der Waals surface area contributed by atoms with Crippen molar-refractivity contribution in [3.63, 3.8) is 0 Å². The molecular weight excluding hydrogens is 234 g/mol. The predicted molar refractivity (Wildman–Crippen MR) is 79.2 cm³/mol. The number of ether oxygens (including phenoxy) is 1. The molecule has 100 valence electrons. The molecule has 0 aliphatic heterocycles. The summed E-state index contributed by atoms with van der Waals surface area (Å²) < 4.78 is 5.80. The van der Waals surface area contributed by atoms with E-state index in [0.29, 0.717) is 6.61 Å². The van der Waals surface area contributed by atoms with Gasteiger partial charge in [0.2, 0.25) is 0 Å². The summed E-state index contributed by atoms with van der Waals surface area (Å²) >= 11 is 0. The van der Waals surface area contributed by atoms with E-state index in [0.717, 1.165) is 17.7 Å². The van der Waals surface area contributed by atoms with Crippen LogP contribution < -0.4 is 10.5 Å². The van der Waals surface area contributed by atoms with Crippen LogP contribution in [0.5, 0.6) is 5.75 Å². The molecule has 0 aliphatic rings. The van der Waals surface area contributed by atoms with E-state index in [-0.39, 0.29) is 6.04 Å². The lowest BCUT2D eigenvalue weighted by Crippen LogP contribution is -2.05. The van der Waals surface area contributed by atoms with Gasteiger partial charge in [0.25, 0.3) is 0 Å². The van der Waals surface area contributed by atoms with Crippen LogP contribution in [-0.4, -0.2) is 0 Å². The monoisotopic (exact) mass is 255 g/mol. The molecule has 0 saturated carbocycles. The average molecular weight is 255 g/mol. The molecule has 2 rings (SSSR count). The van der Waals surface area contributed by atoms with E-state index in [1.165, 1.54) is 11.1 Å². The van der Waals surface area contributed by atoms with Crippen molar-refractivity contribution in [1.29, 1.82) is 0 Å². The van der Waals surface area contributed by atoms with Crippen LogP contribution in [0.1, 0.15) is 36.6 Å². The number of benzene rings is 2. The van der Waals surface area contributed by atoms with Gasteiger partial charge < -0.3 is 10.5 Å². The Morgan fingerprint density at radius 1 is 1.05 bits per heavy atom. The van der Waals surface area contributed by atoms with E-state index in [2.05, 4.69) is 31.2 Å². The predicted octanol–water partition coefficient (Wildman–Crippen LogP) is 3.85. The van der Waals surface area contributed by atoms with Gasteiger partial charge in [-0.2, -0.15) is 0 Å². The third kappa shape index (κ3) is 3.83. The Balaban J connectivity index is 1.99. The van der Waals surface area contributed by atoms with Gasteiger partial charge in [-0.05, 0) is 42.2 Å². The van der Waals surface area contributed by atoms with Crippen molar-refractivity contribution in [2.24, 2.45) is 5.73 Å². The molecule has 2 aromatic rings. The Morgan fingerprint density at radius 3 is 2.37 bits per heavy atom. The molecule has 0 aliphatic carbocycles. The maximum Gasteiger partial charge on any atom is 0.120 e. The molecule has 2 nitrogen and oxygen atoms in total. The number of nitrogens with two attached hydrogens (primary N) is 1. The minimum atomic E-state index is 0.0346. The molecule has 0 saturated heterocycles. The smallest absolute Gasteiger partial charge is 0.120 e. The minimum absolute atomic E-state index is 0.0346. The Bertz CT molecular complexity index is 517. The third-order valence-corrected chi connectivity index (χ3v) is 3.22. The van der Waals surface area contributed by atoms with E-state index in [9.17, 15) is 0 Å². The lowest BCUT2D eigenvalue weighted by Gasteiger charge is -2.10. The van der Waals surface area contributed by atoms with E-state index in [1.807, 2.05) is 31.2 Å². The van der Waals surface area contributed by atoms with Gasteiger partial charge >= 0.3 is 0 Å². The van der Waals surface area contributed by atoms with Crippen LogP contribution in [0.15, 0.2) is 48.5 Å². The zero-order valence-electron chi connectivity index (χ0n) is 11.6. The quantitative estimate of drug-likeness (QED) is 0.880. The largest absolute Gasteiger partial charge is 0.489 e. The fraction of sp³-hybridized carbons (Fsp3) is 0.294. The van der Waals surface area contributed by atoms with Crippen molar-refractivity contribution in [1.82, 2.24) is 0 Å². The molecule has 0 bridgehead atoms. The lowest BCUT2D eigenvalue weighted by atomic mass is 10.1.